The fourth-order valence-electron chi connectivity index (χ4n) is 3.28. The van der Waals surface area contributed by atoms with E-state index in [0.29, 0.717) is 12.7 Å². The molecule has 2 heteroatoms. The first-order chi connectivity index (χ1) is 11.5. The summed E-state index contributed by atoms with van der Waals surface area (Å²) in [5.74, 6) is 0. The van der Waals surface area contributed by atoms with Gasteiger partial charge in [0.1, 0.15) is 0 Å². The van der Waals surface area contributed by atoms with E-state index in [-0.39, 0.29) is 5.60 Å². The summed E-state index contributed by atoms with van der Waals surface area (Å²) in [6, 6.07) is 0. The van der Waals surface area contributed by atoms with Crippen LogP contribution < -0.4 is 0 Å². The van der Waals surface area contributed by atoms with E-state index in [9.17, 15) is 0 Å². The number of hydrogen-bond donors (Lipinski definition) is 1. The largest absolute Gasteiger partial charge is 0.396 e. The van der Waals surface area contributed by atoms with Crippen molar-refractivity contribution in [2.75, 3.05) is 6.61 Å². The van der Waals surface area contributed by atoms with Crippen LogP contribution in [0.1, 0.15) is 124 Å². The Hall–Kier alpha value is -0.0800. The molecule has 0 heterocycles. The third-order valence-corrected chi connectivity index (χ3v) is 4.58. The third-order valence-electron chi connectivity index (χ3n) is 4.58. The number of ether oxygens (including phenoxy) is 1. The van der Waals surface area contributed by atoms with Gasteiger partial charge in [0.25, 0.3) is 0 Å². The van der Waals surface area contributed by atoms with Crippen LogP contribution in [0.25, 0.3) is 0 Å². The molecule has 0 aromatic heterocycles. The zero-order valence-electron chi connectivity index (χ0n) is 17.2. The Balaban J connectivity index is 3.66. The van der Waals surface area contributed by atoms with E-state index in [0.717, 1.165) is 6.42 Å². The van der Waals surface area contributed by atoms with Crippen molar-refractivity contribution in [1.82, 2.24) is 0 Å². The fourth-order valence-corrected chi connectivity index (χ4v) is 3.28. The van der Waals surface area contributed by atoms with Gasteiger partial charge in [-0.1, -0.05) is 84.0 Å². The highest BCUT2D eigenvalue weighted by atomic mass is 16.5. The van der Waals surface area contributed by atoms with Crippen molar-refractivity contribution in [3.8, 4) is 0 Å². The Labute approximate surface area is 152 Å². The molecule has 2 nitrogen and oxygen atoms in total. The van der Waals surface area contributed by atoms with E-state index < -0.39 is 0 Å². The van der Waals surface area contributed by atoms with Gasteiger partial charge in [0.05, 0.1) is 11.7 Å². The zero-order valence-corrected chi connectivity index (χ0v) is 17.2. The number of rotatable bonds is 17. The summed E-state index contributed by atoms with van der Waals surface area (Å²) in [5, 5.41) is 8.75. The van der Waals surface area contributed by atoms with Crippen molar-refractivity contribution in [3.05, 3.63) is 0 Å². The molecule has 24 heavy (non-hydrogen) atoms. The lowest BCUT2D eigenvalue weighted by atomic mass is 10.0. The summed E-state index contributed by atoms with van der Waals surface area (Å²) in [6.07, 6.45) is 19.9. The van der Waals surface area contributed by atoms with E-state index >= 15 is 0 Å². The third kappa shape index (κ3) is 18.3. The predicted octanol–water partition coefficient (Wildman–Crippen LogP) is 7.03. The Kier molecular flexibility index (Phi) is 16.3. The van der Waals surface area contributed by atoms with Gasteiger partial charge in [-0.05, 0) is 40.0 Å². The molecule has 0 amide bonds. The van der Waals surface area contributed by atoms with Crippen LogP contribution in [0.3, 0.4) is 0 Å². The Morgan fingerprint density at radius 2 is 1.08 bits per heavy atom. The van der Waals surface area contributed by atoms with Crippen LogP contribution in [0.5, 0.6) is 0 Å². The number of aliphatic hydroxyl groups excluding tert-OH is 1. The second-order valence-corrected chi connectivity index (χ2v) is 8.40. The van der Waals surface area contributed by atoms with Gasteiger partial charge >= 0.3 is 0 Å². The second kappa shape index (κ2) is 16.4. The van der Waals surface area contributed by atoms with Gasteiger partial charge in [-0.3, -0.25) is 0 Å². The second-order valence-electron chi connectivity index (χ2n) is 8.40. The van der Waals surface area contributed by atoms with Crippen LogP contribution in [-0.2, 0) is 4.74 Å². The lowest BCUT2D eigenvalue weighted by Crippen LogP contribution is -2.27. The quantitative estimate of drug-likeness (QED) is 0.287. The highest BCUT2D eigenvalue weighted by molar-refractivity contribution is 4.67. The van der Waals surface area contributed by atoms with Crippen LogP contribution >= 0.6 is 0 Å². The van der Waals surface area contributed by atoms with Crippen molar-refractivity contribution < 1.29 is 9.84 Å². The fraction of sp³-hybridized carbons (Fsp3) is 1.00. The standard InChI is InChI=1S/C22H46O2/c1-5-6-7-15-18-21(24-22(2,3)4)19-16-13-11-9-8-10-12-14-17-20-23/h21,23H,5-20H2,1-4H3. The molecular formula is C22H46O2. The Bertz CT molecular complexity index is 245. The molecule has 0 aromatic carbocycles. The topological polar surface area (TPSA) is 29.5 Å². The summed E-state index contributed by atoms with van der Waals surface area (Å²) in [7, 11) is 0. The molecule has 146 valence electrons. The van der Waals surface area contributed by atoms with Crippen LogP contribution in [0, 0.1) is 0 Å². The molecule has 0 radical (unpaired) electrons. The average Bonchev–Trinajstić information content (AvgIpc) is 2.51. The molecule has 1 N–H and O–H groups in total. The molecule has 0 spiro atoms. The van der Waals surface area contributed by atoms with Gasteiger partial charge in [-0.25, -0.2) is 0 Å². The van der Waals surface area contributed by atoms with Crippen molar-refractivity contribution in [2.24, 2.45) is 0 Å². The van der Waals surface area contributed by atoms with Crippen molar-refractivity contribution in [3.63, 3.8) is 0 Å². The molecule has 0 rings (SSSR count). The minimum Gasteiger partial charge on any atom is -0.396 e. The molecule has 0 aliphatic heterocycles. The lowest BCUT2D eigenvalue weighted by Gasteiger charge is -2.28. The average molecular weight is 343 g/mol. The lowest BCUT2D eigenvalue weighted by molar-refractivity contribution is -0.0677. The Morgan fingerprint density at radius 1 is 0.667 bits per heavy atom. The maximum absolute atomic E-state index is 8.75. The molecule has 0 aliphatic rings. The van der Waals surface area contributed by atoms with Gasteiger partial charge in [0.15, 0.2) is 0 Å². The summed E-state index contributed by atoms with van der Waals surface area (Å²) >= 11 is 0. The van der Waals surface area contributed by atoms with Crippen LogP contribution in [0.2, 0.25) is 0 Å². The van der Waals surface area contributed by atoms with Crippen LogP contribution in [0.4, 0.5) is 0 Å². The normalized spacial score (nSPS) is 13.4. The first kappa shape index (κ1) is 23.9. The summed E-state index contributed by atoms with van der Waals surface area (Å²) in [5.41, 5.74) is -0.00993. The molecule has 0 aliphatic carbocycles. The molecule has 0 fully saturated rings. The van der Waals surface area contributed by atoms with E-state index in [2.05, 4.69) is 27.7 Å². The molecule has 0 bridgehead atoms. The molecule has 1 atom stereocenters. The monoisotopic (exact) mass is 342 g/mol. The molecular weight excluding hydrogens is 296 g/mol. The number of hydrogen-bond acceptors (Lipinski definition) is 2. The summed E-state index contributed by atoms with van der Waals surface area (Å²) in [6.45, 7) is 9.18. The number of unbranched alkanes of at least 4 members (excludes halogenated alkanes) is 11. The molecule has 0 aromatic rings. The Morgan fingerprint density at radius 3 is 1.50 bits per heavy atom. The summed E-state index contributed by atoms with van der Waals surface area (Å²) in [4.78, 5) is 0. The molecule has 0 saturated carbocycles. The maximum Gasteiger partial charge on any atom is 0.0602 e. The van der Waals surface area contributed by atoms with Crippen LogP contribution in [0.15, 0.2) is 0 Å². The highest BCUT2D eigenvalue weighted by Crippen LogP contribution is 2.21. The minimum absolute atomic E-state index is 0.00993. The van der Waals surface area contributed by atoms with Gasteiger partial charge in [0, 0.05) is 6.61 Å². The number of aliphatic hydroxyl groups is 1. The van der Waals surface area contributed by atoms with E-state index in [1.807, 2.05) is 0 Å². The van der Waals surface area contributed by atoms with Crippen molar-refractivity contribution >= 4 is 0 Å². The van der Waals surface area contributed by atoms with E-state index in [1.165, 1.54) is 89.9 Å². The van der Waals surface area contributed by atoms with Gasteiger partial charge in [-0.2, -0.15) is 0 Å². The van der Waals surface area contributed by atoms with Gasteiger partial charge in [0.2, 0.25) is 0 Å². The van der Waals surface area contributed by atoms with E-state index in [4.69, 9.17) is 9.84 Å². The molecule has 0 saturated heterocycles. The van der Waals surface area contributed by atoms with Crippen LogP contribution in [-0.4, -0.2) is 23.4 Å². The first-order valence-corrected chi connectivity index (χ1v) is 10.8. The van der Waals surface area contributed by atoms with E-state index in [1.54, 1.807) is 0 Å². The van der Waals surface area contributed by atoms with Gasteiger partial charge in [-0.15, -0.1) is 0 Å². The van der Waals surface area contributed by atoms with Crippen molar-refractivity contribution in [1.29, 1.82) is 0 Å². The van der Waals surface area contributed by atoms with Gasteiger partial charge < -0.3 is 9.84 Å². The predicted molar refractivity (Wildman–Crippen MR) is 107 cm³/mol. The maximum atomic E-state index is 8.75. The molecule has 1 unspecified atom stereocenters. The highest BCUT2D eigenvalue weighted by Gasteiger charge is 2.18. The minimum atomic E-state index is -0.00993. The zero-order chi connectivity index (χ0) is 18.1. The van der Waals surface area contributed by atoms with Crippen molar-refractivity contribution in [2.45, 2.75) is 136 Å². The smallest absolute Gasteiger partial charge is 0.0602 e. The summed E-state index contributed by atoms with van der Waals surface area (Å²) < 4.78 is 6.28. The first-order valence-electron chi connectivity index (χ1n) is 10.8. The SMILES string of the molecule is CCCCCCC(CCCCCCCCCCCO)OC(C)(C)C.